The molecule has 22 heavy (non-hydrogen) atoms. The van der Waals surface area contributed by atoms with Crippen molar-refractivity contribution >= 4 is 11.9 Å². The number of hydrogen-bond donors (Lipinski definition) is 0. The van der Waals surface area contributed by atoms with Crippen LogP contribution in [0.15, 0.2) is 36.4 Å². The van der Waals surface area contributed by atoms with Crippen molar-refractivity contribution < 1.29 is 19.1 Å². The highest BCUT2D eigenvalue weighted by atomic mass is 16.7. The molecule has 1 aromatic carbocycles. The maximum absolute atomic E-state index is 12.2. The largest absolute Gasteiger partial charge is 0.514 e. The Morgan fingerprint density at radius 1 is 1.18 bits per heavy atom. The number of allylic oxidation sites excluding steroid dienone is 1. The summed E-state index contributed by atoms with van der Waals surface area (Å²) in [4.78, 5) is 24.4. The second-order valence-electron chi connectivity index (χ2n) is 6.20. The molecular formula is C18H20O4. The van der Waals surface area contributed by atoms with Crippen LogP contribution in [0.2, 0.25) is 0 Å². The summed E-state index contributed by atoms with van der Waals surface area (Å²) in [6, 6.07) is 7.23. The molecule has 0 saturated heterocycles. The Bertz CT molecular complexity index is 634. The Morgan fingerprint density at radius 3 is 2.50 bits per heavy atom. The molecule has 1 saturated carbocycles. The van der Waals surface area contributed by atoms with E-state index in [9.17, 15) is 9.59 Å². The number of carbonyl (C=O) groups is 2. The third-order valence-corrected chi connectivity index (χ3v) is 4.78. The molecule has 0 aliphatic heterocycles. The van der Waals surface area contributed by atoms with Gasteiger partial charge in [-0.3, -0.25) is 4.79 Å². The summed E-state index contributed by atoms with van der Waals surface area (Å²) in [7, 11) is 0. The summed E-state index contributed by atoms with van der Waals surface area (Å²) in [5, 5.41) is 0. The number of benzene rings is 1. The van der Waals surface area contributed by atoms with Crippen LogP contribution in [0.3, 0.4) is 0 Å². The number of aryl methyl sites for hydroxylation is 1. The molecule has 2 bridgehead atoms. The standard InChI is InChI=1S/C18H20O4/c1-12-5-3-4-6-16(12)21-17(20)22-18(13(2)19)11-14-7-9-15(18)10-8-14/h3-7,9,14-15H,8,10-11H2,1-2H3. The average molecular weight is 300 g/mol. The maximum atomic E-state index is 12.2. The molecule has 0 aromatic heterocycles. The number of rotatable bonds is 3. The lowest BCUT2D eigenvalue weighted by Crippen LogP contribution is -2.53. The monoisotopic (exact) mass is 300 g/mol. The second-order valence-corrected chi connectivity index (χ2v) is 6.20. The van der Waals surface area contributed by atoms with Crippen molar-refractivity contribution in [3.8, 4) is 5.75 Å². The van der Waals surface area contributed by atoms with Gasteiger partial charge in [0.25, 0.3) is 0 Å². The summed E-state index contributed by atoms with van der Waals surface area (Å²) in [5.74, 6) is 0.621. The lowest BCUT2D eigenvalue weighted by Gasteiger charge is -2.45. The SMILES string of the molecule is CC(=O)C1(OC(=O)Oc2ccccc2C)CC2C=CC1CC2. The first-order valence-electron chi connectivity index (χ1n) is 7.67. The fourth-order valence-electron chi connectivity index (χ4n) is 3.50. The van der Waals surface area contributed by atoms with Gasteiger partial charge in [-0.2, -0.15) is 0 Å². The zero-order valence-corrected chi connectivity index (χ0v) is 12.9. The van der Waals surface area contributed by atoms with E-state index in [4.69, 9.17) is 9.47 Å². The van der Waals surface area contributed by atoms with E-state index in [-0.39, 0.29) is 11.7 Å². The number of ether oxygens (including phenoxy) is 2. The first-order valence-corrected chi connectivity index (χ1v) is 7.67. The molecule has 0 amide bonds. The molecule has 3 aliphatic carbocycles. The van der Waals surface area contributed by atoms with E-state index in [2.05, 4.69) is 6.08 Å². The Morgan fingerprint density at radius 2 is 1.95 bits per heavy atom. The molecule has 1 fully saturated rings. The maximum Gasteiger partial charge on any atom is 0.514 e. The number of ketones is 1. The van der Waals surface area contributed by atoms with Gasteiger partial charge in [0.15, 0.2) is 11.4 Å². The van der Waals surface area contributed by atoms with Gasteiger partial charge in [0.1, 0.15) is 5.75 Å². The molecule has 0 N–H and O–H groups in total. The highest BCUT2D eigenvalue weighted by Gasteiger charge is 2.52. The van der Waals surface area contributed by atoms with Crippen molar-refractivity contribution in [3.05, 3.63) is 42.0 Å². The summed E-state index contributed by atoms with van der Waals surface area (Å²) in [6.07, 6.45) is 5.83. The Labute approximate surface area is 130 Å². The van der Waals surface area contributed by atoms with Gasteiger partial charge in [0, 0.05) is 12.3 Å². The van der Waals surface area contributed by atoms with Gasteiger partial charge in [0.05, 0.1) is 0 Å². The van der Waals surface area contributed by atoms with Crippen LogP contribution in [0.5, 0.6) is 5.75 Å². The summed E-state index contributed by atoms with van der Waals surface area (Å²) >= 11 is 0. The Balaban J connectivity index is 1.78. The Hall–Kier alpha value is -2.10. The highest BCUT2D eigenvalue weighted by molar-refractivity contribution is 5.88. The first-order chi connectivity index (χ1) is 10.5. The minimum atomic E-state index is -1.06. The van der Waals surface area contributed by atoms with Gasteiger partial charge < -0.3 is 9.47 Å². The van der Waals surface area contributed by atoms with Crippen molar-refractivity contribution in [2.45, 2.75) is 38.7 Å². The Kier molecular flexibility index (Phi) is 3.77. The van der Waals surface area contributed by atoms with Gasteiger partial charge in [-0.15, -0.1) is 0 Å². The summed E-state index contributed by atoms with van der Waals surface area (Å²) in [5.41, 5.74) is -0.210. The van der Waals surface area contributed by atoms with E-state index in [1.54, 1.807) is 12.1 Å². The molecular weight excluding hydrogens is 280 g/mol. The number of carbonyl (C=O) groups excluding carboxylic acids is 2. The fourth-order valence-corrected chi connectivity index (χ4v) is 3.50. The third-order valence-electron chi connectivity index (χ3n) is 4.78. The molecule has 4 nitrogen and oxygen atoms in total. The van der Waals surface area contributed by atoms with Crippen molar-refractivity contribution in [1.29, 1.82) is 0 Å². The van der Waals surface area contributed by atoms with Crippen LogP contribution in [0.1, 0.15) is 31.7 Å². The molecule has 3 aliphatic rings. The van der Waals surface area contributed by atoms with Crippen LogP contribution in [0.25, 0.3) is 0 Å². The van der Waals surface area contributed by atoms with Crippen molar-refractivity contribution in [2.75, 3.05) is 0 Å². The molecule has 1 aromatic rings. The third kappa shape index (κ3) is 2.54. The zero-order valence-electron chi connectivity index (χ0n) is 12.9. The first kappa shape index (κ1) is 14.8. The molecule has 4 rings (SSSR count). The van der Waals surface area contributed by atoms with Crippen LogP contribution in [0, 0.1) is 18.8 Å². The molecule has 3 unspecified atom stereocenters. The number of Topliss-reactive ketones (excluding diaryl/α,β-unsaturated/α-hetero) is 1. The lowest BCUT2D eigenvalue weighted by atomic mass is 9.64. The second kappa shape index (κ2) is 5.59. The van der Waals surface area contributed by atoms with Gasteiger partial charge in [-0.1, -0.05) is 30.4 Å². The van der Waals surface area contributed by atoms with Crippen LogP contribution < -0.4 is 4.74 Å². The minimum Gasteiger partial charge on any atom is -0.419 e. The quantitative estimate of drug-likeness (QED) is 0.484. The van der Waals surface area contributed by atoms with Crippen molar-refractivity contribution in [1.82, 2.24) is 0 Å². The van der Waals surface area contributed by atoms with E-state index >= 15 is 0 Å². The summed E-state index contributed by atoms with van der Waals surface area (Å²) < 4.78 is 10.9. The highest BCUT2D eigenvalue weighted by Crippen LogP contribution is 2.46. The molecule has 0 radical (unpaired) electrons. The number of para-hydroxylation sites is 1. The van der Waals surface area contributed by atoms with Crippen molar-refractivity contribution in [3.63, 3.8) is 0 Å². The van der Waals surface area contributed by atoms with Crippen molar-refractivity contribution in [2.24, 2.45) is 11.8 Å². The van der Waals surface area contributed by atoms with Crippen LogP contribution in [0.4, 0.5) is 4.79 Å². The van der Waals surface area contributed by atoms with Crippen LogP contribution in [-0.4, -0.2) is 17.5 Å². The normalized spacial score (nSPS) is 29.2. The molecule has 3 atom stereocenters. The van der Waals surface area contributed by atoms with E-state index in [1.165, 1.54) is 6.92 Å². The van der Waals surface area contributed by atoms with Crippen LogP contribution >= 0.6 is 0 Å². The van der Waals surface area contributed by atoms with E-state index in [0.717, 1.165) is 18.4 Å². The minimum absolute atomic E-state index is 0.0422. The van der Waals surface area contributed by atoms with Gasteiger partial charge in [-0.05, 0) is 44.2 Å². The van der Waals surface area contributed by atoms with E-state index in [0.29, 0.717) is 18.1 Å². The van der Waals surface area contributed by atoms with Gasteiger partial charge >= 0.3 is 6.16 Å². The van der Waals surface area contributed by atoms with E-state index < -0.39 is 11.8 Å². The predicted molar refractivity (Wildman–Crippen MR) is 81.7 cm³/mol. The zero-order chi connectivity index (χ0) is 15.7. The van der Waals surface area contributed by atoms with Gasteiger partial charge in [-0.25, -0.2) is 4.79 Å². The molecule has 4 heteroatoms. The van der Waals surface area contributed by atoms with Crippen LogP contribution in [-0.2, 0) is 9.53 Å². The van der Waals surface area contributed by atoms with E-state index in [1.807, 2.05) is 25.1 Å². The lowest BCUT2D eigenvalue weighted by molar-refractivity contribution is -0.148. The number of hydrogen-bond acceptors (Lipinski definition) is 4. The number of fused-ring (bicyclic) bond motifs is 2. The van der Waals surface area contributed by atoms with Gasteiger partial charge in [0.2, 0.25) is 0 Å². The topological polar surface area (TPSA) is 52.6 Å². The molecule has 0 spiro atoms. The fraction of sp³-hybridized carbons (Fsp3) is 0.444. The average Bonchev–Trinajstić information content (AvgIpc) is 2.50. The summed E-state index contributed by atoms with van der Waals surface area (Å²) in [6.45, 7) is 3.35. The smallest absolute Gasteiger partial charge is 0.419 e. The molecule has 0 heterocycles. The molecule has 116 valence electrons. The predicted octanol–water partition coefficient (Wildman–Crippen LogP) is 3.82.